The van der Waals surface area contributed by atoms with Crippen molar-refractivity contribution in [2.75, 3.05) is 26.3 Å². The van der Waals surface area contributed by atoms with Crippen LogP contribution in [0.1, 0.15) is 26.7 Å². The minimum atomic E-state index is -0.0880. The van der Waals surface area contributed by atoms with Crippen LogP contribution < -0.4 is 5.11 Å². The second kappa shape index (κ2) is 14.4. The van der Waals surface area contributed by atoms with E-state index in [9.17, 15) is 5.11 Å². The monoisotopic (exact) mass is 329 g/mol. The summed E-state index contributed by atoms with van der Waals surface area (Å²) < 4.78 is 4.94. The Labute approximate surface area is 110 Å². The Balaban J connectivity index is 0. The summed E-state index contributed by atoms with van der Waals surface area (Å²) in [6.45, 7) is 10.7. The van der Waals surface area contributed by atoms with Crippen LogP contribution in [0.3, 0.4) is 0 Å². The molecule has 0 atom stereocenters. The molecule has 1 aliphatic rings. The van der Waals surface area contributed by atoms with E-state index in [0.29, 0.717) is 0 Å². The average molecular weight is 332 g/mol. The van der Waals surface area contributed by atoms with Gasteiger partial charge in [0, 0.05) is 26.3 Å². The molecule has 1 heterocycles. The first kappa shape index (κ1) is 17.8. The third-order valence-electron chi connectivity index (χ3n) is 1.94. The molecule has 0 aliphatic carbocycles. The van der Waals surface area contributed by atoms with Crippen molar-refractivity contribution in [1.29, 1.82) is 0 Å². The van der Waals surface area contributed by atoms with Crippen LogP contribution in [0.4, 0.5) is 0 Å². The van der Waals surface area contributed by atoms with Crippen LogP contribution in [0.15, 0.2) is 12.5 Å². The molecule has 5 heteroatoms. The van der Waals surface area contributed by atoms with E-state index >= 15 is 0 Å². The van der Waals surface area contributed by atoms with Crippen LogP contribution in [-0.2, 0) is 21.1 Å². The molecule has 0 radical (unpaired) electrons. The quantitative estimate of drug-likeness (QED) is 0.584. The summed E-state index contributed by atoms with van der Waals surface area (Å²) in [5, 5.41) is 10.4. The first-order valence-electron chi connectivity index (χ1n) is 5.17. The fraction of sp³-hybridized carbons (Fsp3) is 0.800. The van der Waals surface area contributed by atoms with Gasteiger partial charge in [-0.3, -0.25) is 0 Å². The Kier molecular flexibility index (Phi) is 17.1. The number of halogens is 1. The average Bonchev–Trinajstić information content (AvgIpc) is 2.80. The molecule has 0 aromatic carbocycles. The standard InChI is InChI=1S/C6H13NO.C4H8O.BrH.Zn/c1-4-7(5-2)6(3)8;1-2-4-5-3-1;;/h8H,3-5H2,1-2H3;1-4H2;1H;/q;;;+2/p-2. The molecule has 86 valence electrons. The summed E-state index contributed by atoms with van der Waals surface area (Å²) in [5.74, 6) is -0.0880. The van der Waals surface area contributed by atoms with Crippen LogP contribution in [0, 0.1) is 0 Å². The fourth-order valence-electron chi connectivity index (χ4n) is 1.09. The van der Waals surface area contributed by atoms with Crippen molar-refractivity contribution in [3.63, 3.8) is 0 Å². The number of hydrogen-bond donors (Lipinski definition) is 0. The zero-order valence-electron chi connectivity index (χ0n) is 9.80. The van der Waals surface area contributed by atoms with Crippen LogP contribution in [0.2, 0.25) is 0 Å². The van der Waals surface area contributed by atoms with Gasteiger partial charge in [-0.05, 0) is 32.6 Å². The van der Waals surface area contributed by atoms with Gasteiger partial charge in [0.2, 0.25) is 0 Å². The molecule has 1 saturated heterocycles. The van der Waals surface area contributed by atoms with Crippen LogP contribution in [0.5, 0.6) is 0 Å². The number of hydrogen-bond acceptors (Lipinski definition) is 3. The van der Waals surface area contributed by atoms with Crippen molar-refractivity contribution in [1.82, 2.24) is 4.90 Å². The van der Waals surface area contributed by atoms with Gasteiger partial charge in [-0.2, -0.15) is 0 Å². The van der Waals surface area contributed by atoms with E-state index in [1.807, 2.05) is 13.8 Å². The molecule has 0 aromatic rings. The van der Waals surface area contributed by atoms with Gasteiger partial charge in [0.15, 0.2) is 0 Å². The van der Waals surface area contributed by atoms with E-state index in [1.165, 1.54) is 29.2 Å². The summed E-state index contributed by atoms with van der Waals surface area (Å²) in [7, 11) is 0. The van der Waals surface area contributed by atoms with Gasteiger partial charge in [0.25, 0.3) is 0 Å². The maximum absolute atomic E-state index is 10.4. The number of rotatable bonds is 3. The summed E-state index contributed by atoms with van der Waals surface area (Å²) in [6.07, 6.45) is 2.56. The van der Waals surface area contributed by atoms with E-state index in [4.69, 9.17) is 4.74 Å². The third-order valence-corrected chi connectivity index (χ3v) is 1.94. The van der Waals surface area contributed by atoms with Gasteiger partial charge in [-0.15, -0.1) is 0 Å². The van der Waals surface area contributed by atoms with E-state index < -0.39 is 0 Å². The molecule has 0 spiro atoms. The minimum absolute atomic E-state index is 0.0880. The van der Waals surface area contributed by atoms with Gasteiger partial charge < -0.3 is 14.7 Å². The van der Waals surface area contributed by atoms with Crippen molar-refractivity contribution in [3.05, 3.63) is 12.5 Å². The van der Waals surface area contributed by atoms with Crippen LogP contribution in [0.25, 0.3) is 0 Å². The van der Waals surface area contributed by atoms with Gasteiger partial charge in [-0.1, -0.05) is 6.58 Å². The molecule has 0 unspecified atom stereocenters. The predicted molar refractivity (Wildman–Crippen MR) is 61.0 cm³/mol. The topological polar surface area (TPSA) is 35.5 Å². The summed E-state index contributed by atoms with van der Waals surface area (Å²) >= 11 is 4.25. The molecule has 15 heavy (non-hydrogen) atoms. The summed E-state index contributed by atoms with van der Waals surface area (Å²) in [5.41, 5.74) is 0. The molecule has 0 amide bonds. The molecule has 0 saturated carbocycles. The second-order valence-corrected chi connectivity index (χ2v) is 2.89. The number of nitrogens with zero attached hydrogens (tertiary/aromatic N) is 1. The van der Waals surface area contributed by atoms with E-state index in [1.54, 1.807) is 4.90 Å². The third kappa shape index (κ3) is 12.3. The van der Waals surface area contributed by atoms with Crippen molar-refractivity contribution < 1.29 is 26.2 Å². The van der Waals surface area contributed by atoms with E-state index in [2.05, 4.69) is 20.2 Å². The van der Waals surface area contributed by atoms with Crippen molar-refractivity contribution in [2.24, 2.45) is 0 Å². The van der Waals surface area contributed by atoms with Crippen molar-refractivity contribution in [2.45, 2.75) is 26.7 Å². The Bertz CT molecular complexity index is 132. The molecule has 0 aromatic heterocycles. The molecule has 1 rings (SSSR count). The van der Waals surface area contributed by atoms with Gasteiger partial charge in [0.1, 0.15) is 0 Å². The molecular formula is C10H20BrNO2Zn. The van der Waals surface area contributed by atoms with Crippen molar-refractivity contribution >= 4 is 13.6 Å². The fourth-order valence-corrected chi connectivity index (χ4v) is 1.09. The van der Waals surface area contributed by atoms with Crippen LogP contribution in [-0.4, -0.2) is 31.2 Å². The summed E-state index contributed by atoms with van der Waals surface area (Å²) in [4.78, 5) is 1.67. The maximum atomic E-state index is 10.4. The molecule has 1 fully saturated rings. The zero-order chi connectivity index (χ0) is 12.1. The molecular weight excluding hydrogens is 311 g/mol. The molecule has 0 bridgehead atoms. The Morgan fingerprint density at radius 3 is 1.80 bits per heavy atom. The Hall–Kier alpha value is 0.403. The zero-order valence-corrected chi connectivity index (χ0v) is 14.4. The Morgan fingerprint density at radius 1 is 1.33 bits per heavy atom. The van der Waals surface area contributed by atoms with Crippen molar-refractivity contribution in [3.8, 4) is 0 Å². The van der Waals surface area contributed by atoms with E-state index in [0.717, 1.165) is 26.3 Å². The van der Waals surface area contributed by atoms with Crippen LogP contribution >= 0.6 is 13.6 Å². The van der Waals surface area contributed by atoms with Gasteiger partial charge in [0.05, 0.1) is 0 Å². The second-order valence-electron chi connectivity index (χ2n) is 2.89. The normalized spacial score (nSPS) is 13.1. The summed E-state index contributed by atoms with van der Waals surface area (Å²) in [6, 6.07) is 0. The number of ether oxygens (including phenoxy) is 1. The predicted octanol–water partition coefficient (Wildman–Crippen LogP) is 1.80. The SMILES string of the molecule is C1CCOC1.C=C([O-])N(CC)CC.[Zn+][Br]. The van der Waals surface area contributed by atoms with Gasteiger partial charge >= 0.3 is 30.0 Å². The molecule has 0 N–H and O–H groups in total. The van der Waals surface area contributed by atoms with E-state index in [-0.39, 0.29) is 5.88 Å². The first-order valence-corrected chi connectivity index (χ1v) is 12.1. The Morgan fingerprint density at radius 2 is 1.73 bits per heavy atom. The molecule has 1 aliphatic heterocycles. The molecule has 3 nitrogen and oxygen atoms in total. The van der Waals surface area contributed by atoms with Gasteiger partial charge in [-0.25, -0.2) is 0 Å². The first-order chi connectivity index (χ1) is 7.22.